The molecule has 1 aromatic carbocycles. The lowest BCUT2D eigenvalue weighted by atomic mass is 10.2. The molecule has 1 N–H and O–H groups in total. The topological polar surface area (TPSA) is 24.9 Å². The summed E-state index contributed by atoms with van der Waals surface area (Å²) in [5.41, 5.74) is -0.352. The van der Waals surface area contributed by atoms with Crippen molar-refractivity contribution >= 4 is 27.4 Å². The van der Waals surface area contributed by atoms with Gasteiger partial charge in [-0.1, -0.05) is 0 Å². The standard InChI is InChI=1S/C12H7BrF4N2/c1-5-6(13)2-3-9(18-5)19-12-10(16)7(14)4-8(15)11(12)17/h2-4H,1H3,(H,18,19). The first-order chi connectivity index (χ1) is 8.90. The Balaban J connectivity index is 2.46. The molecular formula is C12H7BrF4N2. The quantitative estimate of drug-likeness (QED) is 0.648. The number of benzene rings is 1. The van der Waals surface area contributed by atoms with Crippen LogP contribution in [0.3, 0.4) is 0 Å². The van der Waals surface area contributed by atoms with E-state index in [1.54, 1.807) is 13.0 Å². The Bertz CT molecular complexity index is 620. The molecule has 0 saturated heterocycles. The Hall–Kier alpha value is -1.63. The van der Waals surface area contributed by atoms with Gasteiger partial charge in [0.05, 0.1) is 5.69 Å². The summed E-state index contributed by atoms with van der Waals surface area (Å²) in [6.07, 6.45) is 0. The number of hydrogen-bond donors (Lipinski definition) is 1. The SMILES string of the molecule is Cc1nc(Nc2c(F)c(F)cc(F)c2F)ccc1Br. The number of nitrogens with zero attached hydrogens (tertiary/aromatic N) is 1. The molecule has 0 aliphatic rings. The van der Waals surface area contributed by atoms with Gasteiger partial charge in [-0.15, -0.1) is 0 Å². The van der Waals surface area contributed by atoms with E-state index in [9.17, 15) is 17.6 Å². The van der Waals surface area contributed by atoms with E-state index >= 15 is 0 Å². The molecule has 2 nitrogen and oxygen atoms in total. The first kappa shape index (κ1) is 13.8. The molecule has 0 saturated carbocycles. The molecule has 0 atom stereocenters. The van der Waals surface area contributed by atoms with Crippen molar-refractivity contribution < 1.29 is 17.6 Å². The van der Waals surface area contributed by atoms with E-state index in [1.165, 1.54) is 6.07 Å². The van der Waals surface area contributed by atoms with Gasteiger partial charge < -0.3 is 5.32 Å². The second kappa shape index (κ2) is 5.16. The first-order valence-electron chi connectivity index (χ1n) is 5.13. The van der Waals surface area contributed by atoms with Crippen molar-refractivity contribution in [1.82, 2.24) is 4.98 Å². The molecule has 0 unspecified atom stereocenters. The van der Waals surface area contributed by atoms with Gasteiger partial charge in [0.1, 0.15) is 11.5 Å². The zero-order valence-electron chi connectivity index (χ0n) is 9.57. The van der Waals surface area contributed by atoms with Gasteiger partial charge in [0, 0.05) is 10.5 Å². The number of rotatable bonds is 2. The Labute approximate surface area is 114 Å². The van der Waals surface area contributed by atoms with Crippen molar-refractivity contribution in [3.8, 4) is 0 Å². The van der Waals surface area contributed by atoms with Gasteiger partial charge in [-0.25, -0.2) is 22.5 Å². The lowest BCUT2D eigenvalue weighted by Gasteiger charge is -2.10. The van der Waals surface area contributed by atoms with Crippen LogP contribution in [0.1, 0.15) is 5.69 Å². The first-order valence-corrected chi connectivity index (χ1v) is 5.92. The van der Waals surface area contributed by atoms with Crippen LogP contribution in [0.4, 0.5) is 29.1 Å². The molecule has 0 aliphatic carbocycles. The summed E-state index contributed by atoms with van der Waals surface area (Å²) in [5.74, 6) is -5.88. The van der Waals surface area contributed by atoms with Crippen LogP contribution in [0.15, 0.2) is 22.7 Å². The maximum Gasteiger partial charge on any atom is 0.185 e. The monoisotopic (exact) mass is 334 g/mol. The second-order valence-corrected chi connectivity index (χ2v) is 4.59. The molecule has 2 aromatic rings. The fourth-order valence-corrected chi connectivity index (χ4v) is 1.65. The van der Waals surface area contributed by atoms with E-state index in [0.717, 1.165) is 0 Å². The number of aryl methyl sites for hydroxylation is 1. The van der Waals surface area contributed by atoms with Crippen molar-refractivity contribution in [2.24, 2.45) is 0 Å². The molecule has 2 rings (SSSR count). The van der Waals surface area contributed by atoms with E-state index in [0.29, 0.717) is 10.2 Å². The van der Waals surface area contributed by atoms with E-state index in [2.05, 4.69) is 26.2 Å². The number of halogens is 5. The number of nitrogens with one attached hydrogen (secondary N) is 1. The predicted octanol–water partition coefficient (Wildman–Crippen LogP) is 4.45. The minimum absolute atomic E-state index is 0.0727. The highest BCUT2D eigenvalue weighted by Crippen LogP contribution is 2.27. The van der Waals surface area contributed by atoms with Gasteiger partial charge in [0.15, 0.2) is 23.3 Å². The summed E-state index contributed by atoms with van der Waals surface area (Å²) >= 11 is 3.21. The van der Waals surface area contributed by atoms with E-state index in [-0.39, 0.29) is 11.9 Å². The summed E-state index contributed by atoms with van der Waals surface area (Å²) < 4.78 is 53.6. The molecule has 0 spiro atoms. The summed E-state index contributed by atoms with van der Waals surface area (Å²) in [5, 5.41) is 2.23. The Morgan fingerprint density at radius 2 is 1.63 bits per heavy atom. The smallest absolute Gasteiger partial charge is 0.185 e. The van der Waals surface area contributed by atoms with Gasteiger partial charge in [0.2, 0.25) is 0 Å². The normalized spacial score (nSPS) is 10.6. The highest BCUT2D eigenvalue weighted by molar-refractivity contribution is 9.10. The highest BCUT2D eigenvalue weighted by Gasteiger charge is 2.19. The van der Waals surface area contributed by atoms with Gasteiger partial charge in [-0.2, -0.15) is 0 Å². The molecule has 0 fully saturated rings. The average Bonchev–Trinajstić information content (AvgIpc) is 2.36. The fraction of sp³-hybridized carbons (Fsp3) is 0.0833. The molecule has 100 valence electrons. The Morgan fingerprint density at radius 1 is 1.05 bits per heavy atom. The third kappa shape index (κ3) is 2.70. The second-order valence-electron chi connectivity index (χ2n) is 3.73. The molecule has 0 radical (unpaired) electrons. The van der Waals surface area contributed by atoms with Crippen LogP contribution in [0, 0.1) is 30.2 Å². The largest absolute Gasteiger partial charge is 0.335 e. The summed E-state index contributed by atoms with van der Waals surface area (Å²) in [6.45, 7) is 1.66. The predicted molar refractivity (Wildman–Crippen MR) is 66.2 cm³/mol. The molecule has 7 heteroatoms. The van der Waals surface area contributed by atoms with Crippen molar-refractivity contribution in [2.75, 3.05) is 5.32 Å². The summed E-state index contributed by atoms with van der Waals surface area (Å²) in [6, 6.07) is 3.16. The van der Waals surface area contributed by atoms with Crippen LogP contribution in [-0.4, -0.2) is 4.98 Å². The molecular weight excluding hydrogens is 328 g/mol. The molecule has 0 aliphatic heterocycles. The lowest BCUT2D eigenvalue weighted by molar-refractivity contribution is 0.459. The lowest BCUT2D eigenvalue weighted by Crippen LogP contribution is -2.04. The third-order valence-electron chi connectivity index (χ3n) is 2.39. The van der Waals surface area contributed by atoms with Crippen LogP contribution in [-0.2, 0) is 0 Å². The van der Waals surface area contributed by atoms with E-state index in [4.69, 9.17) is 0 Å². The minimum Gasteiger partial charge on any atom is -0.335 e. The van der Waals surface area contributed by atoms with E-state index in [1.807, 2.05) is 0 Å². The van der Waals surface area contributed by atoms with Crippen LogP contribution >= 0.6 is 15.9 Å². The van der Waals surface area contributed by atoms with Gasteiger partial charge in [-0.05, 0) is 35.0 Å². The summed E-state index contributed by atoms with van der Waals surface area (Å²) in [7, 11) is 0. The van der Waals surface area contributed by atoms with Gasteiger partial charge in [-0.3, -0.25) is 0 Å². The number of aromatic nitrogens is 1. The molecule has 1 aromatic heterocycles. The van der Waals surface area contributed by atoms with Crippen LogP contribution in [0.5, 0.6) is 0 Å². The van der Waals surface area contributed by atoms with Crippen LogP contribution in [0.2, 0.25) is 0 Å². The minimum atomic E-state index is -1.50. The zero-order chi connectivity index (χ0) is 14.2. The molecule has 0 bridgehead atoms. The van der Waals surface area contributed by atoms with Crippen molar-refractivity contribution in [1.29, 1.82) is 0 Å². The third-order valence-corrected chi connectivity index (χ3v) is 3.22. The summed E-state index contributed by atoms with van der Waals surface area (Å²) in [4.78, 5) is 3.97. The van der Waals surface area contributed by atoms with Crippen molar-refractivity contribution in [3.63, 3.8) is 0 Å². The van der Waals surface area contributed by atoms with E-state index < -0.39 is 29.0 Å². The Morgan fingerprint density at radius 3 is 2.16 bits per heavy atom. The van der Waals surface area contributed by atoms with Crippen molar-refractivity contribution in [2.45, 2.75) is 6.92 Å². The van der Waals surface area contributed by atoms with Gasteiger partial charge >= 0.3 is 0 Å². The average molecular weight is 335 g/mol. The number of hydrogen-bond acceptors (Lipinski definition) is 2. The maximum atomic E-state index is 13.4. The zero-order valence-corrected chi connectivity index (χ0v) is 11.2. The Kier molecular flexibility index (Phi) is 3.75. The number of anilines is 2. The van der Waals surface area contributed by atoms with Crippen LogP contribution < -0.4 is 5.32 Å². The molecule has 0 amide bonds. The van der Waals surface area contributed by atoms with Gasteiger partial charge in [0.25, 0.3) is 0 Å². The highest BCUT2D eigenvalue weighted by atomic mass is 79.9. The van der Waals surface area contributed by atoms with Crippen molar-refractivity contribution in [3.05, 3.63) is 51.6 Å². The molecule has 19 heavy (non-hydrogen) atoms. The maximum absolute atomic E-state index is 13.4. The number of pyridine rings is 1. The van der Waals surface area contributed by atoms with Crippen LogP contribution in [0.25, 0.3) is 0 Å². The molecule has 1 heterocycles. The fourth-order valence-electron chi connectivity index (χ4n) is 1.42.